The maximum absolute atomic E-state index is 12.8. The Labute approximate surface area is 190 Å². The van der Waals surface area contributed by atoms with Gasteiger partial charge in [-0.25, -0.2) is 0 Å². The molecule has 0 aromatic carbocycles. The van der Waals surface area contributed by atoms with Gasteiger partial charge in [0.15, 0.2) is 0 Å². The Balaban J connectivity index is 1.64. The van der Waals surface area contributed by atoms with Crippen molar-refractivity contribution in [3.8, 4) is 0 Å². The smallest absolute Gasteiger partial charge is 0.136 e. The molecule has 1 aliphatic heterocycles. The van der Waals surface area contributed by atoms with Gasteiger partial charge in [0.1, 0.15) is 11.2 Å². The molecule has 5 aliphatic carbocycles. The molecule has 8 heteroatoms. The van der Waals surface area contributed by atoms with Crippen LogP contribution >= 0.6 is 0 Å². The number of rotatable bonds is 6. The highest BCUT2D eigenvalue weighted by atomic mass is 16.5. The number of piperidine rings is 1. The maximum Gasteiger partial charge on any atom is 0.136 e. The first-order valence-corrected chi connectivity index (χ1v) is 12.1. The zero-order valence-corrected chi connectivity index (χ0v) is 19.9. The van der Waals surface area contributed by atoms with Crippen molar-refractivity contribution in [1.82, 2.24) is 5.32 Å². The normalized spacial score (nSPS) is 61.8. The average Bonchev–Trinajstić information content (AvgIpc) is 3.18. The Kier molecular flexibility index (Phi) is 4.76. The predicted molar refractivity (Wildman–Crippen MR) is 114 cm³/mol. The van der Waals surface area contributed by atoms with E-state index in [9.17, 15) is 10.2 Å². The molecule has 13 atom stereocenters. The molecule has 1 spiro atoms. The van der Waals surface area contributed by atoms with Crippen molar-refractivity contribution >= 4 is 0 Å². The van der Waals surface area contributed by atoms with E-state index in [1.54, 1.807) is 35.5 Å². The van der Waals surface area contributed by atoms with Gasteiger partial charge in [-0.1, -0.05) is 0 Å². The highest BCUT2D eigenvalue weighted by Crippen LogP contribution is 2.79. The molecule has 5 saturated carbocycles. The standard InChI is InChI=1S/C24H39NO7/c1-28-11-21-7-6-15(30-3)23-13-8-12-14(29-2)9-22(26,16(13)17(12)31-4)24(27,20(23)25-10-21)19(32-5)18(21)23/h12-20,25-27H,6-11H2,1-5H3/t12-,13-,14+,15+,16-,17+,18-,19+,20+,21+,22-,23+,24-/m1/s1. The molecule has 0 amide bonds. The Morgan fingerprint density at radius 3 is 2.41 bits per heavy atom. The van der Waals surface area contributed by atoms with Gasteiger partial charge in [0, 0.05) is 77.1 Å². The second-order valence-electron chi connectivity index (χ2n) is 11.5. The number of hydrogen-bond acceptors (Lipinski definition) is 8. The van der Waals surface area contributed by atoms with Crippen molar-refractivity contribution in [2.75, 3.05) is 48.7 Å². The van der Waals surface area contributed by atoms with Crippen LogP contribution in [0.1, 0.15) is 25.7 Å². The third kappa shape index (κ3) is 2.03. The number of ether oxygens (including phenoxy) is 5. The van der Waals surface area contributed by atoms with Gasteiger partial charge in [0.25, 0.3) is 0 Å². The van der Waals surface area contributed by atoms with Crippen LogP contribution in [-0.2, 0) is 23.7 Å². The molecule has 32 heavy (non-hydrogen) atoms. The van der Waals surface area contributed by atoms with Gasteiger partial charge in [-0.2, -0.15) is 0 Å². The van der Waals surface area contributed by atoms with Gasteiger partial charge in [-0.05, 0) is 25.2 Å². The van der Waals surface area contributed by atoms with E-state index >= 15 is 0 Å². The van der Waals surface area contributed by atoms with Gasteiger partial charge < -0.3 is 39.2 Å². The number of methoxy groups -OCH3 is 5. The lowest BCUT2D eigenvalue weighted by atomic mass is 9.43. The van der Waals surface area contributed by atoms with Crippen LogP contribution in [0.2, 0.25) is 0 Å². The first kappa shape index (κ1) is 22.2. The maximum atomic E-state index is 12.8. The van der Waals surface area contributed by atoms with E-state index in [-0.39, 0.29) is 58.9 Å². The molecule has 0 unspecified atom stereocenters. The molecule has 3 N–H and O–H groups in total. The average molecular weight is 454 g/mol. The fourth-order valence-corrected chi connectivity index (χ4v) is 10.6. The molecule has 0 aromatic rings. The van der Waals surface area contributed by atoms with Gasteiger partial charge >= 0.3 is 0 Å². The molecule has 1 heterocycles. The van der Waals surface area contributed by atoms with Crippen LogP contribution in [0.5, 0.6) is 0 Å². The van der Waals surface area contributed by atoms with E-state index in [4.69, 9.17) is 23.7 Å². The van der Waals surface area contributed by atoms with Crippen LogP contribution < -0.4 is 5.32 Å². The molecular weight excluding hydrogens is 414 g/mol. The van der Waals surface area contributed by atoms with E-state index in [2.05, 4.69) is 5.32 Å². The number of nitrogens with one attached hydrogen (secondary N) is 1. The summed E-state index contributed by atoms with van der Waals surface area (Å²) < 4.78 is 30.2. The third-order valence-electron chi connectivity index (χ3n) is 11.2. The predicted octanol–water partition coefficient (Wildman–Crippen LogP) is 0.193. The summed E-state index contributed by atoms with van der Waals surface area (Å²) in [5.41, 5.74) is -3.41. The van der Waals surface area contributed by atoms with Crippen molar-refractivity contribution in [3.05, 3.63) is 0 Å². The van der Waals surface area contributed by atoms with Crippen LogP contribution in [0.4, 0.5) is 0 Å². The van der Waals surface area contributed by atoms with Crippen molar-refractivity contribution in [3.63, 3.8) is 0 Å². The minimum Gasteiger partial charge on any atom is -0.386 e. The fraction of sp³-hybridized carbons (Fsp3) is 1.00. The molecule has 7 bridgehead atoms. The summed E-state index contributed by atoms with van der Waals surface area (Å²) in [5, 5.41) is 29.1. The molecule has 0 aromatic heterocycles. The molecule has 6 rings (SSSR count). The minimum absolute atomic E-state index is 0.0202. The largest absolute Gasteiger partial charge is 0.386 e. The number of hydrogen-bond donors (Lipinski definition) is 3. The highest BCUT2D eigenvalue weighted by molar-refractivity contribution is 5.41. The zero-order valence-electron chi connectivity index (χ0n) is 19.9. The third-order valence-corrected chi connectivity index (χ3v) is 11.2. The Bertz CT molecular complexity index is 783. The first-order valence-electron chi connectivity index (χ1n) is 12.1. The fourth-order valence-electron chi connectivity index (χ4n) is 10.6. The summed E-state index contributed by atoms with van der Waals surface area (Å²) in [4.78, 5) is 0. The SMILES string of the molecule is COC[C@@]12CC[C@H](OC)[C@@]34[C@@H]5C[C@H]6[C@H](OC)[C@@H]5[C@](O)(C[C@@H]6OC)[C@@](O)([C@@H](OC)[C@H]13)[C@H]4NC2. The topological polar surface area (TPSA) is 98.6 Å². The van der Waals surface area contributed by atoms with Gasteiger partial charge in [0.05, 0.1) is 37.1 Å². The first-order chi connectivity index (χ1) is 15.4. The van der Waals surface area contributed by atoms with Crippen molar-refractivity contribution in [2.24, 2.45) is 34.5 Å². The molecule has 1 saturated heterocycles. The lowest BCUT2D eigenvalue weighted by Crippen LogP contribution is -2.81. The van der Waals surface area contributed by atoms with E-state index in [0.717, 1.165) is 25.8 Å². The second-order valence-corrected chi connectivity index (χ2v) is 11.5. The summed E-state index contributed by atoms with van der Waals surface area (Å²) in [6.45, 7) is 1.34. The van der Waals surface area contributed by atoms with Crippen molar-refractivity contribution < 1.29 is 33.9 Å². The quantitative estimate of drug-likeness (QED) is 0.525. The van der Waals surface area contributed by atoms with Gasteiger partial charge in [-0.15, -0.1) is 0 Å². The van der Waals surface area contributed by atoms with Crippen molar-refractivity contribution in [1.29, 1.82) is 0 Å². The van der Waals surface area contributed by atoms with Crippen LogP contribution in [0.25, 0.3) is 0 Å². The highest BCUT2D eigenvalue weighted by Gasteiger charge is 2.90. The van der Waals surface area contributed by atoms with Crippen LogP contribution in [0, 0.1) is 34.5 Å². The Morgan fingerprint density at radius 2 is 1.78 bits per heavy atom. The van der Waals surface area contributed by atoms with E-state index in [0.29, 0.717) is 13.0 Å². The van der Waals surface area contributed by atoms with Gasteiger partial charge in [-0.3, -0.25) is 0 Å². The summed E-state index contributed by atoms with van der Waals surface area (Å²) in [7, 11) is 8.67. The number of fused-ring (bicyclic) bond motifs is 2. The minimum atomic E-state index is -1.48. The molecular formula is C24H39NO7. The summed E-state index contributed by atoms with van der Waals surface area (Å²) in [6, 6.07) is -0.321. The molecule has 0 radical (unpaired) electrons. The van der Waals surface area contributed by atoms with Gasteiger partial charge in [0.2, 0.25) is 0 Å². The van der Waals surface area contributed by atoms with Crippen molar-refractivity contribution in [2.45, 2.75) is 67.3 Å². The Hall–Kier alpha value is -0.320. The molecule has 8 nitrogen and oxygen atoms in total. The van der Waals surface area contributed by atoms with Crippen LogP contribution in [-0.4, -0.2) is 101 Å². The molecule has 182 valence electrons. The lowest BCUT2D eigenvalue weighted by Gasteiger charge is -2.67. The summed E-state index contributed by atoms with van der Waals surface area (Å²) in [5.74, 6) is 0.151. The lowest BCUT2D eigenvalue weighted by molar-refractivity contribution is -0.301. The van der Waals surface area contributed by atoms with E-state index in [1.165, 1.54) is 0 Å². The second kappa shape index (κ2) is 6.88. The Morgan fingerprint density at radius 1 is 1.00 bits per heavy atom. The molecule has 6 aliphatic rings. The zero-order chi connectivity index (χ0) is 22.7. The summed E-state index contributed by atoms with van der Waals surface area (Å²) in [6.07, 6.45) is 2.24. The summed E-state index contributed by atoms with van der Waals surface area (Å²) >= 11 is 0. The van der Waals surface area contributed by atoms with E-state index in [1.807, 2.05) is 0 Å². The monoisotopic (exact) mass is 453 g/mol. The van der Waals surface area contributed by atoms with Crippen LogP contribution in [0.3, 0.4) is 0 Å². The van der Waals surface area contributed by atoms with Crippen LogP contribution in [0.15, 0.2) is 0 Å². The molecule has 6 fully saturated rings. The van der Waals surface area contributed by atoms with E-state index < -0.39 is 17.3 Å². The number of aliphatic hydroxyl groups is 2.